The Hall–Kier alpha value is -0.300. The molecule has 0 amide bonds. The van der Waals surface area contributed by atoms with Crippen LogP contribution in [0.1, 0.15) is 40.0 Å². The zero-order valence-electron chi connectivity index (χ0n) is 7.81. The molecule has 1 aliphatic rings. The van der Waals surface area contributed by atoms with Gasteiger partial charge in [0.25, 0.3) is 0 Å². The molecule has 64 valence electrons. The first-order valence-corrected chi connectivity index (χ1v) is 4.55. The van der Waals surface area contributed by atoms with Crippen molar-refractivity contribution < 1.29 is 4.74 Å². The second kappa shape index (κ2) is 3.40. The average Bonchev–Trinajstić information content (AvgIpc) is 2.04. The Morgan fingerprint density at radius 1 is 1.45 bits per heavy atom. The number of hydrogen-bond donors (Lipinski definition) is 0. The Kier molecular flexibility index (Phi) is 2.72. The molecule has 11 heavy (non-hydrogen) atoms. The van der Waals surface area contributed by atoms with Gasteiger partial charge in [-0.2, -0.15) is 0 Å². The van der Waals surface area contributed by atoms with Crippen molar-refractivity contribution in [3.05, 3.63) is 11.6 Å². The molecule has 1 nitrogen and oxygen atoms in total. The van der Waals surface area contributed by atoms with Crippen LogP contribution in [0.25, 0.3) is 0 Å². The number of rotatable bonds is 2. The van der Waals surface area contributed by atoms with Crippen LogP contribution in [0, 0.1) is 0 Å². The molecule has 0 bridgehead atoms. The van der Waals surface area contributed by atoms with Crippen molar-refractivity contribution in [1.29, 1.82) is 0 Å². The second-order valence-corrected chi connectivity index (χ2v) is 3.36. The van der Waals surface area contributed by atoms with Crippen LogP contribution in [0.2, 0.25) is 0 Å². The van der Waals surface area contributed by atoms with Gasteiger partial charge in [-0.1, -0.05) is 25.5 Å². The van der Waals surface area contributed by atoms with E-state index in [1.807, 2.05) is 0 Å². The van der Waals surface area contributed by atoms with Gasteiger partial charge in [-0.15, -0.1) is 0 Å². The summed E-state index contributed by atoms with van der Waals surface area (Å²) in [6.07, 6.45) is 5.61. The summed E-state index contributed by atoms with van der Waals surface area (Å²) in [5.41, 5.74) is 1.56. The first-order valence-electron chi connectivity index (χ1n) is 4.55. The quantitative estimate of drug-likeness (QED) is 0.556. The maximum absolute atomic E-state index is 5.76. The van der Waals surface area contributed by atoms with Gasteiger partial charge >= 0.3 is 0 Å². The molecule has 0 N–H and O–H groups in total. The highest BCUT2D eigenvalue weighted by Crippen LogP contribution is 2.28. The summed E-state index contributed by atoms with van der Waals surface area (Å²) in [6, 6.07) is 0. The van der Waals surface area contributed by atoms with Crippen LogP contribution in [0.5, 0.6) is 0 Å². The van der Waals surface area contributed by atoms with E-state index < -0.39 is 0 Å². The molecule has 0 aromatic heterocycles. The SMILES string of the molecule is CCC1(CC)C=C(C)CCO1. The Balaban J connectivity index is 2.74. The molecule has 0 fully saturated rings. The fourth-order valence-electron chi connectivity index (χ4n) is 1.64. The van der Waals surface area contributed by atoms with E-state index in [1.165, 1.54) is 5.57 Å². The first-order chi connectivity index (χ1) is 5.22. The third-order valence-corrected chi connectivity index (χ3v) is 2.59. The molecular weight excluding hydrogens is 136 g/mol. The minimum absolute atomic E-state index is 0.0718. The molecular formula is C10H18O. The predicted octanol–water partition coefficient (Wildman–Crippen LogP) is 2.91. The van der Waals surface area contributed by atoms with Crippen LogP contribution >= 0.6 is 0 Å². The largest absolute Gasteiger partial charge is 0.371 e. The van der Waals surface area contributed by atoms with E-state index in [0.717, 1.165) is 25.9 Å². The smallest absolute Gasteiger partial charge is 0.0859 e. The van der Waals surface area contributed by atoms with Gasteiger partial charge in [-0.25, -0.2) is 0 Å². The van der Waals surface area contributed by atoms with E-state index in [-0.39, 0.29) is 5.60 Å². The summed E-state index contributed by atoms with van der Waals surface area (Å²) in [6.45, 7) is 7.49. The van der Waals surface area contributed by atoms with Gasteiger partial charge in [0.1, 0.15) is 0 Å². The van der Waals surface area contributed by atoms with Crippen molar-refractivity contribution in [2.45, 2.75) is 45.6 Å². The third kappa shape index (κ3) is 1.84. The summed E-state index contributed by atoms with van der Waals surface area (Å²) < 4.78 is 5.76. The van der Waals surface area contributed by atoms with Gasteiger partial charge < -0.3 is 4.74 Å². The molecule has 0 aliphatic carbocycles. The molecule has 0 spiro atoms. The van der Waals surface area contributed by atoms with E-state index in [9.17, 15) is 0 Å². The average molecular weight is 154 g/mol. The lowest BCUT2D eigenvalue weighted by Gasteiger charge is -2.33. The lowest BCUT2D eigenvalue weighted by Crippen LogP contribution is -2.32. The van der Waals surface area contributed by atoms with Crippen LogP contribution in [0.4, 0.5) is 0 Å². The third-order valence-electron chi connectivity index (χ3n) is 2.59. The van der Waals surface area contributed by atoms with Crippen molar-refractivity contribution in [2.75, 3.05) is 6.61 Å². The number of ether oxygens (including phenoxy) is 1. The molecule has 0 atom stereocenters. The molecule has 0 radical (unpaired) electrons. The first kappa shape index (κ1) is 8.79. The van der Waals surface area contributed by atoms with Crippen molar-refractivity contribution in [3.8, 4) is 0 Å². The normalized spacial score (nSPS) is 23.0. The van der Waals surface area contributed by atoms with Crippen LogP contribution in [0.15, 0.2) is 11.6 Å². The summed E-state index contributed by atoms with van der Waals surface area (Å²) in [5, 5.41) is 0. The summed E-state index contributed by atoms with van der Waals surface area (Å²) in [7, 11) is 0. The predicted molar refractivity (Wildman–Crippen MR) is 47.6 cm³/mol. The molecule has 0 saturated carbocycles. The lowest BCUT2D eigenvalue weighted by atomic mass is 9.91. The van der Waals surface area contributed by atoms with E-state index in [2.05, 4.69) is 26.8 Å². The van der Waals surface area contributed by atoms with Gasteiger partial charge in [0.05, 0.1) is 12.2 Å². The van der Waals surface area contributed by atoms with E-state index in [0.29, 0.717) is 0 Å². The summed E-state index contributed by atoms with van der Waals surface area (Å²) in [5.74, 6) is 0. The van der Waals surface area contributed by atoms with E-state index >= 15 is 0 Å². The summed E-state index contributed by atoms with van der Waals surface area (Å²) in [4.78, 5) is 0. The topological polar surface area (TPSA) is 9.23 Å². The lowest BCUT2D eigenvalue weighted by molar-refractivity contribution is -0.0218. The molecule has 0 aromatic rings. The fraction of sp³-hybridized carbons (Fsp3) is 0.800. The Morgan fingerprint density at radius 2 is 2.09 bits per heavy atom. The van der Waals surface area contributed by atoms with Gasteiger partial charge in [0, 0.05) is 0 Å². The van der Waals surface area contributed by atoms with Crippen molar-refractivity contribution in [2.24, 2.45) is 0 Å². The van der Waals surface area contributed by atoms with Crippen LogP contribution < -0.4 is 0 Å². The highest BCUT2D eigenvalue weighted by Gasteiger charge is 2.26. The highest BCUT2D eigenvalue weighted by molar-refractivity contribution is 5.12. The monoisotopic (exact) mass is 154 g/mol. The molecule has 1 aliphatic heterocycles. The van der Waals surface area contributed by atoms with E-state index in [1.54, 1.807) is 0 Å². The van der Waals surface area contributed by atoms with Gasteiger partial charge in [-0.3, -0.25) is 0 Å². The maximum Gasteiger partial charge on any atom is 0.0859 e. The highest BCUT2D eigenvalue weighted by atomic mass is 16.5. The Morgan fingerprint density at radius 3 is 2.45 bits per heavy atom. The molecule has 0 aromatic carbocycles. The maximum atomic E-state index is 5.76. The van der Waals surface area contributed by atoms with Crippen molar-refractivity contribution in [1.82, 2.24) is 0 Å². The van der Waals surface area contributed by atoms with Gasteiger partial charge in [0.2, 0.25) is 0 Å². The molecule has 1 heterocycles. The van der Waals surface area contributed by atoms with Crippen molar-refractivity contribution in [3.63, 3.8) is 0 Å². The second-order valence-electron chi connectivity index (χ2n) is 3.36. The van der Waals surface area contributed by atoms with Crippen LogP contribution in [0.3, 0.4) is 0 Å². The van der Waals surface area contributed by atoms with Crippen LogP contribution in [-0.4, -0.2) is 12.2 Å². The molecule has 1 rings (SSSR count). The Labute approximate surface area is 69.4 Å². The van der Waals surface area contributed by atoms with E-state index in [4.69, 9.17) is 4.74 Å². The zero-order chi connectivity index (χ0) is 8.32. The molecule has 1 heteroatoms. The van der Waals surface area contributed by atoms with Gasteiger partial charge in [-0.05, 0) is 26.2 Å². The van der Waals surface area contributed by atoms with Crippen LogP contribution in [-0.2, 0) is 4.74 Å². The fourth-order valence-corrected chi connectivity index (χ4v) is 1.64. The standard InChI is InChI=1S/C10H18O/c1-4-10(5-2)8-9(3)6-7-11-10/h8H,4-7H2,1-3H3. The zero-order valence-corrected chi connectivity index (χ0v) is 7.81. The minimum atomic E-state index is 0.0718. The minimum Gasteiger partial charge on any atom is -0.371 e. The molecule has 0 saturated heterocycles. The van der Waals surface area contributed by atoms with Gasteiger partial charge in [0.15, 0.2) is 0 Å². The number of hydrogen-bond acceptors (Lipinski definition) is 1. The van der Waals surface area contributed by atoms with Crippen molar-refractivity contribution >= 4 is 0 Å². The Bertz CT molecular complexity index is 154. The summed E-state index contributed by atoms with van der Waals surface area (Å²) >= 11 is 0. The molecule has 0 unspecified atom stereocenters.